The molecule has 1 fully saturated rings. The van der Waals surface area contributed by atoms with Gasteiger partial charge < -0.3 is 23.7 Å². The highest BCUT2D eigenvalue weighted by atomic mass is 35.5. The molecule has 33 heavy (non-hydrogen) atoms. The fourth-order valence-corrected chi connectivity index (χ4v) is 3.75. The predicted octanol–water partition coefficient (Wildman–Crippen LogP) is 2.44. The Kier molecular flexibility index (Phi) is 8.98. The number of ether oxygens (including phenoxy) is 5. The van der Waals surface area contributed by atoms with Crippen molar-refractivity contribution in [1.29, 1.82) is 0 Å². The molecule has 0 radical (unpaired) electrons. The van der Waals surface area contributed by atoms with E-state index in [4.69, 9.17) is 35.3 Å². The van der Waals surface area contributed by atoms with Crippen molar-refractivity contribution in [2.24, 2.45) is 5.92 Å². The molecule has 0 saturated heterocycles. The summed E-state index contributed by atoms with van der Waals surface area (Å²) in [6.07, 6.45) is -6.18. The van der Waals surface area contributed by atoms with Gasteiger partial charge in [-0.3, -0.25) is 19.2 Å². The monoisotopic (exact) mass is 492 g/mol. The Labute approximate surface area is 193 Å². The second-order valence-corrected chi connectivity index (χ2v) is 7.53. The first kappa shape index (κ1) is 26.3. The van der Waals surface area contributed by atoms with Crippen LogP contribution in [0.4, 0.5) is 8.78 Å². The number of carbonyl (C=O) groups excluding carboxylic acids is 4. The molecule has 0 N–H and O–H groups in total. The number of benzene rings is 1. The van der Waals surface area contributed by atoms with Crippen molar-refractivity contribution in [1.82, 2.24) is 0 Å². The lowest BCUT2D eigenvalue weighted by molar-refractivity contribution is -0.213. The Balaban J connectivity index is 2.57. The summed E-state index contributed by atoms with van der Waals surface area (Å²) in [6.45, 7) is 3.15. The maximum atomic E-state index is 14.5. The molecule has 12 heteroatoms. The summed E-state index contributed by atoms with van der Waals surface area (Å²) < 4.78 is 55.0. The normalized spacial score (nSPS) is 24.4. The first-order valence-electron chi connectivity index (χ1n) is 9.78. The van der Waals surface area contributed by atoms with Crippen LogP contribution in [0.25, 0.3) is 0 Å². The molecule has 5 atom stereocenters. The van der Waals surface area contributed by atoms with Gasteiger partial charge in [-0.05, 0) is 17.7 Å². The lowest BCUT2D eigenvalue weighted by Gasteiger charge is -2.43. The number of methoxy groups -OCH3 is 1. The average molecular weight is 493 g/mol. The van der Waals surface area contributed by atoms with Crippen molar-refractivity contribution in [3.05, 3.63) is 29.3 Å². The van der Waals surface area contributed by atoms with Crippen LogP contribution in [-0.4, -0.2) is 55.4 Å². The highest BCUT2D eigenvalue weighted by Crippen LogP contribution is 2.37. The number of rotatable bonds is 7. The number of hydrogen-bond donors (Lipinski definition) is 0. The number of alkyl halides is 1. The van der Waals surface area contributed by atoms with Crippen molar-refractivity contribution in [2.45, 2.75) is 57.5 Å². The number of hydrogen-bond acceptors (Lipinski definition) is 9. The zero-order chi connectivity index (χ0) is 24.9. The Morgan fingerprint density at radius 1 is 0.909 bits per heavy atom. The molecular weight excluding hydrogens is 470 g/mol. The Hall–Kier alpha value is -2.95. The van der Waals surface area contributed by atoms with Gasteiger partial charge in [-0.2, -0.15) is 0 Å². The van der Waals surface area contributed by atoms with E-state index in [1.165, 1.54) is 0 Å². The van der Waals surface area contributed by atoms with Crippen molar-refractivity contribution >= 4 is 35.5 Å². The number of carbonyl (C=O) groups is 4. The third-order valence-corrected chi connectivity index (χ3v) is 5.10. The molecule has 1 aliphatic rings. The molecule has 0 amide bonds. The van der Waals surface area contributed by atoms with Gasteiger partial charge in [-0.15, -0.1) is 11.6 Å². The second-order valence-electron chi connectivity index (χ2n) is 7.27. The Bertz CT molecular complexity index is 900. The van der Waals surface area contributed by atoms with Gasteiger partial charge in [0.25, 0.3) is 0 Å². The van der Waals surface area contributed by atoms with Crippen LogP contribution in [0.1, 0.15) is 32.8 Å². The van der Waals surface area contributed by atoms with E-state index in [2.05, 4.69) is 0 Å². The van der Waals surface area contributed by atoms with E-state index in [-0.39, 0.29) is 17.9 Å². The fraction of sp³-hybridized carbons (Fsp3) is 0.524. The molecular formula is C21H23ClF2O9. The molecule has 1 aliphatic carbocycles. The van der Waals surface area contributed by atoms with Gasteiger partial charge in [-0.25, -0.2) is 8.78 Å². The summed E-state index contributed by atoms with van der Waals surface area (Å²) in [5.41, 5.74) is 0.152. The van der Waals surface area contributed by atoms with Gasteiger partial charge in [-0.1, -0.05) is 0 Å². The van der Waals surface area contributed by atoms with E-state index in [1.807, 2.05) is 0 Å². The highest BCUT2D eigenvalue weighted by molar-refractivity contribution is 6.17. The van der Waals surface area contributed by atoms with Crippen LogP contribution in [0.5, 0.6) is 5.75 Å². The molecule has 1 saturated carbocycles. The first-order valence-corrected chi connectivity index (χ1v) is 10.3. The highest BCUT2D eigenvalue weighted by Gasteiger charge is 2.54. The molecule has 0 unspecified atom stereocenters. The molecule has 1 aromatic carbocycles. The fourth-order valence-electron chi connectivity index (χ4n) is 3.60. The van der Waals surface area contributed by atoms with E-state index in [1.54, 1.807) is 0 Å². The second kappa shape index (κ2) is 11.3. The van der Waals surface area contributed by atoms with E-state index >= 15 is 0 Å². The quantitative estimate of drug-likeness (QED) is 0.321. The topological polar surface area (TPSA) is 114 Å². The van der Waals surface area contributed by atoms with Gasteiger partial charge in [0.05, 0.1) is 7.11 Å². The average Bonchev–Trinajstić information content (AvgIpc) is 2.72. The summed E-state index contributed by atoms with van der Waals surface area (Å²) in [7, 11) is 1.08. The molecule has 2 rings (SSSR count). The van der Waals surface area contributed by atoms with Gasteiger partial charge in [0, 0.05) is 33.1 Å². The van der Waals surface area contributed by atoms with Crippen LogP contribution < -0.4 is 4.74 Å². The van der Waals surface area contributed by atoms with E-state index in [9.17, 15) is 28.0 Å². The largest absolute Gasteiger partial charge is 0.480 e. The van der Waals surface area contributed by atoms with E-state index < -0.39 is 71.6 Å². The maximum Gasteiger partial charge on any atom is 0.312 e. The third kappa shape index (κ3) is 6.53. The molecule has 1 aromatic rings. The smallest absolute Gasteiger partial charge is 0.312 e. The van der Waals surface area contributed by atoms with Crippen LogP contribution in [0.15, 0.2) is 12.1 Å². The van der Waals surface area contributed by atoms with Gasteiger partial charge in [0.15, 0.2) is 35.7 Å². The lowest BCUT2D eigenvalue weighted by atomic mass is 9.80. The summed E-state index contributed by atoms with van der Waals surface area (Å²) >= 11 is 5.62. The minimum Gasteiger partial charge on any atom is -0.480 e. The summed E-state index contributed by atoms with van der Waals surface area (Å²) in [4.78, 5) is 47.7. The zero-order valence-corrected chi connectivity index (χ0v) is 19.0. The molecule has 0 spiro atoms. The molecule has 0 aliphatic heterocycles. The molecule has 182 valence electrons. The Morgan fingerprint density at radius 3 is 1.85 bits per heavy atom. The molecule has 0 heterocycles. The van der Waals surface area contributed by atoms with Crippen molar-refractivity contribution in [2.75, 3.05) is 7.11 Å². The first-order chi connectivity index (χ1) is 15.5. The van der Waals surface area contributed by atoms with Gasteiger partial charge in [0.2, 0.25) is 0 Å². The minimum absolute atomic E-state index is 0.152. The van der Waals surface area contributed by atoms with Crippen LogP contribution >= 0.6 is 11.6 Å². The predicted molar refractivity (Wildman–Crippen MR) is 107 cm³/mol. The van der Waals surface area contributed by atoms with E-state index in [0.29, 0.717) is 0 Å². The van der Waals surface area contributed by atoms with Crippen LogP contribution in [0.3, 0.4) is 0 Å². The van der Waals surface area contributed by atoms with Crippen molar-refractivity contribution < 1.29 is 51.6 Å². The summed E-state index contributed by atoms with van der Waals surface area (Å²) in [5, 5.41) is 0. The van der Waals surface area contributed by atoms with Crippen molar-refractivity contribution in [3.8, 4) is 5.75 Å². The number of esters is 4. The lowest BCUT2D eigenvalue weighted by Crippen LogP contribution is -2.61. The molecule has 9 nitrogen and oxygen atoms in total. The van der Waals surface area contributed by atoms with Crippen LogP contribution in [0, 0.1) is 17.6 Å². The standard InChI is InChI=1S/C21H23ClF2O9/c1-9(25)30-17-13(21(28)29-4)7-16(19(31-10(2)26)20(17)32-11(3)27)33-18-14(23)5-12(8-22)6-15(18)24/h5-6,13,16-17,19-20H,7-8H2,1-4H3/t13-,16+,17+,19-,20-/m0/s1. The number of halogens is 3. The van der Waals surface area contributed by atoms with Crippen molar-refractivity contribution in [3.63, 3.8) is 0 Å². The molecule has 0 bridgehead atoms. The Morgan fingerprint density at radius 2 is 1.39 bits per heavy atom. The van der Waals surface area contributed by atoms with E-state index in [0.717, 1.165) is 40.0 Å². The van der Waals surface area contributed by atoms with Gasteiger partial charge >= 0.3 is 23.9 Å². The maximum absolute atomic E-state index is 14.5. The summed E-state index contributed by atoms with van der Waals surface area (Å²) in [5.74, 6) is -7.81. The van der Waals surface area contributed by atoms with Gasteiger partial charge in [0.1, 0.15) is 12.0 Å². The SMILES string of the molecule is COC(=O)[C@H]1C[C@@H](Oc2c(F)cc(CCl)cc2F)[C@H](OC(C)=O)[C@@H](OC(C)=O)[C@@H]1OC(C)=O. The van der Waals surface area contributed by atoms with Crippen LogP contribution in [0.2, 0.25) is 0 Å². The zero-order valence-electron chi connectivity index (χ0n) is 18.3. The molecule has 0 aromatic heterocycles. The third-order valence-electron chi connectivity index (χ3n) is 4.79. The van der Waals surface area contributed by atoms with Crippen LogP contribution in [-0.2, 0) is 44.0 Å². The minimum atomic E-state index is -1.54. The summed E-state index contributed by atoms with van der Waals surface area (Å²) in [6, 6.07) is 1.91.